The van der Waals surface area contributed by atoms with Crippen LogP contribution in [-0.2, 0) is 30.8 Å². The molecule has 0 aromatic heterocycles. The maximum atomic E-state index is 13.3. The Balaban J connectivity index is 2.07. The van der Waals surface area contributed by atoms with Gasteiger partial charge in [0.25, 0.3) is 10.0 Å². The Morgan fingerprint density at radius 3 is 2.24 bits per heavy atom. The van der Waals surface area contributed by atoms with Crippen LogP contribution < -0.4 is 9.62 Å². The molecule has 1 N–H and O–H groups in total. The molecular weight excluding hydrogens is 466 g/mol. The number of hydrogen-bond acceptors (Lipinski definition) is 6. The summed E-state index contributed by atoms with van der Waals surface area (Å²) in [6, 6.07) is 12.4. The van der Waals surface area contributed by atoms with E-state index in [0.717, 1.165) is 22.8 Å². The lowest BCUT2D eigenvalue weighted by Crippen LogP contribution is -2.36. The molecule has 2 rings (SSSR count). The van der Waals surface area contributed by atoms with Crippen LogP contribution in [0.2, 0.25) is 5.02 Å². The standard InChI is InChI=1S/C23H30ClN3O5S/c1-26(2)16-4-15-25-22(28)14-7-18-5-12-21(13-6-18)33(30,31)27(17-23(29)32-3)20-10-8-19(24)9-11-20/h5-6,8-13H,4,7,14-17H2,1-3H3,(H,25,28). The molecule has 0 saturated carbocycles. The Morgan fingerprint density at radius 2 is 1.67 bits per heavy atom. The molecule has 10 heteroatoms. The van der Waals surface area contributed by atoms with Crippen LogP contribution >= 0.6 is 11.6 Å². The number of esters is 1. The number of rotatable bonds is 12. The topological polar surface area (TPSA) is 96.0 Å². The van der Waals surface area contributed by atoms with E-state index in [2.05, 4.69) is 15.0 Å². The number of sulfonamides is 1. The zero-order valence-corrected chi connectivity index (χ0v) is 20.7. The van der Waals surface area contributed by atoms with Gasteiger partial charge in [-0.1, -0.05) is 23.7 Å². The van der Waals surface area contributed by atoms with Gasteiger partial charge in [-0.3, -0.25) is 13.9 Å². The lowest BCUT2D eigenvalue weighted by Gasteiger charge is -2.23. The van der Waals surface area contributed by atoms with E-state index >= 15 is 0 Å². The minimum Gasteiger partial charge on any atom is -0.468 e. The number of methoxy groups -OCH3 is 1. The Morgan fingerprint density at radius 1 is 1.03 bits per heavy atom. The summed E-state index contributed by atoms with van der Waals surface area (Å²) in [6.07, 6.45) is 1.68. The van der Waals surface area contributed by atoms with Crippen LogP contribution in [0.15, 0.2) is 53.4 Å². The van der Waals surface area contributed by atoms with Gasteiger partial charge in [-0.25, -0.2) is 8.42 Å². The number of halogens is 1. The number of nitrogens with one attached hydrogen (secondary N) is 1. The first-order chi connectivity index (χ1) is 15.6. The third-order valence-corrected chi connectivity index (χ3v) is 6.91. The second-order valence-corrected chi connectivity index (χ2v) is 10.0. The molecule has 0 aliphatic rings. The first-order valence-electron chi connectivity index (χ1n) is 10.5. The van der Waals surface area contributed by atoms with Crippen LogP contribution in [0.4, 0.5) is 5.69 Å². The normalized spacial score (nSPS) is 11.3. The van der Waals surface area contributed by atoms with Gasteiger partial charge in [-0.2, -0.15) is 0 Å². The number of carbonyl (C=O) groups is 2. The molecule has 1 amide bonds. The number of benzene rings is 2. The van der Waals surface area contributed by atoms with E-state index in [4.69, 9.17) is 11.6 Å². The van der Waals surface area contributed by atoms with Crippen molar-refractivity contribution in [3.05, 3.63) is 59.1 Å². The van der Waals surface area contributed by atoms with E-state index in [9.17, 15) is 18.0 Å². The number of nitrogens with zero attached hydrogens (tertiary/aromatic N) is 2. The highest BCUT2D eigenvalue weighted by molar-refractivity contribution is 7.92. The predicted octanol–water partition coefficient (Wildman–Crippen LogP) is 2.71. The summed E-state index contributed by atoms with van der Waals surface area (Å²) in [4.78, 5) is 26.0. The predicted molar refractivity (Wildman–Crippen MR) is 129 cm³/mol. The van der Waals surface area contributed by atoms with Crippen molar-refractivity contribution in [1.82, 2.24) is 10.2 Å². The fourth-order valence-corrected chi connectivity index (χ4v) is 4.56. The number of amides is 1. The average Bonchev–Trinajstić information content (AvgIpc) is 2.79. The quantitative estimate of drug-likeness (QED) is 0.359. The molecule has 2 aromatic carbocycles. The summed E-state index contributed by atoms with van der Waals surface area (Å²) in [7, 11) is 1.12. The summed E-state index contributed by atoms with van der Waals surface area (Å²) in [5, 5.41) is 3.33. The van der Waals surface area contributed by atoms with E-state index in [1.807, 2.05) is 14.1 Å². The van der Waals surface area contributed by atoms with E-state index in [0.29, 0.717) is 30.1 Å². The first kappa shape index (κ1) is 26.6. The summed E-state index contributed by atoms with van der Waals surface area (Å²) >= 11 is 5.91. The molecule has 33 heavy (non-hydrogen) atoms. The zero-order valence-electron chi connectivity index (χ0n) is 19.1. The van der Waals surface area contributed by atoms with E-state index in [1.54, 1.807) is 24.3 Å². The summed E-state index contributed by atoms with van der Waals surface area (Å²) in [6.45, 7) is 1.05. The minimum absolute atomic E-state index is 0.0261. The third-order valence-electron chi connectivity index (χ3n) is 4.87. The highest BCUT2D eigenvalue weighted by Gasteiger charge is 2.27. The van der Waals surface area contributed by atoms with Gasteiger partial charge in [0.1, 0.15) is 6.54 Å². The van der Waals surface area contributed by atoms with Gasteiger partial charge in [0, 0.05) is 18.0 Å². The van der Waals surface area contributed by atoms with Gasteiger partial charge in [0.15, 0.2) is 0 Å². The molecule has 0 spiro atoms. The van der Waals surface area contributed by atoms with Gasteiger partial charge in [-0.05, 0) is 75.4 Å². The first-order valence-corrected chi connectivity index (χ1v) is 12.3. The Labute approximate surface area is 200 Å². The van der Waals surface area contributed by atoms with Crippen molar-refractivity contribution in [3.8, 4) is 0 Å². The molecule has 0 radical (unpaired) electrons. The van der Waals surface area contributed by atoms with Gasteiger partial charge in [0.2, 0.25) is 5.91 Å². The van der Waals surface area contributed by atoms with Crippen molar-refractivity contribution in [2.45, 2.75) is 24.2 Å². The molecule has 0 heterocycles. The van der Waals surface area contributed by atoms with Crippen molar-refractivity contribution < 1.29 is 22.7 Å². The third kappa shape index (κ3) is 8.34. The van der Waals surface area contributed by atoms with Crippen molar-refractivity contribution in [1.29, 1.82) is 0 Å². The maximum Gasteiger partial charge on any atom is 0.326 e. The maximum absolute atomic E-state index is 13.3. The van der Waals surface area contributed by atoms with Crippen molar-refractivity contribution in [2.75, 3.05) is 45.1 Å². The SMILES string of the molecule is COC(=O)CN(c1ccc(Cl)cc1)S(=O)(=O)c1ccc(CCC(=O)NCCCN(C)C)cc1. The van der Waals surface area contributed by atoms with E-state index in [1.165, 1.54) is 31.4 Å². The fourth-order valence-electron chi connectivity index (χ4n) is 3.03. The van der Waals surface area contributed by atoms with Crippen molar-refractivity contribution >= 4 is 39.2 Å². The van der Waals surface area contributed by atoms with Crippen LogP contribution in [0, 0.1) is 0 Å². The Hall–Kier alpha value is -2.62. The van der Waals surface area contributed by atoms with Crippen molar-refractivity contribution in [3.63, 3.8) is 0 Å². The molecular formula is C23H30ClN3O5S. The number of ether oxygens (including phenoxy) is 1. The van der Waals surface area contributed by atoms with Gasteiger partial charge in [0.05, 0.1) is 17.7 Å². The van der Waals surface area contributed by atoms with E-state index in [-0.39, 0.29) is 10.8 Å². The largest absolute Gasteiger partial charge is 0.468 e. The minimum atomic E-state index is -4.04. The van der Waals surface area contributed by atoms with Crippen LogP contribution in [0.25, 0.3) is 0 Å². The Kier molecular flexibility index (Phi) is 10.1. The monoisotopic (exact) mass is 495 g/mol. The Bertz CT molecular complexity index is 1030. The summed E-state index contributed by atoms with van der Waals surface area (Å²) < 4.78 is 32.2. The second-order valence-electron chi connectivity index (χ2n) is 7.71. The molecule has 0 fully saturated rings. The molecule has 0 saturated heterocycles. The molecule has 8 nitrogen and oxygen atoms in total. The highest BCUT2D eigenvalue weighted by atomic mass is 35.5. The average molecular weight is 496 g/mol. The van der Waals surface area contributed by atoms with Crippen molar-refractivity contribution in [2.24, 2.45) is 0 Å². The van der Waals surface area contributed by atoms with Crippen LogP contribution in [0.5, 0.6) is 0 Å². The smallest absolute Gasteiger partial charge is 0.326 e. The molecule has 180 valence electrons. The van der Waals surface area contributed by atoms with E-state index < -0.39 is 22.5 Å². The number of carbonyl (C=O) groups excluding carboxylic acids is 2. The van der Waals surface area contributed by atoms with Gasteiger partial charge in [-0.15, -0.1) is 0 Å². The summed E-state index contributed by atoms with van der Waals surface area (Å²) in [5.41, 5.74) is 1.13. The number of anilines is 1. The van der Waals surface area contributed by atoms with Gasteiger partial charge >= 0.3 is 5.97 Å². The molecule has 0 unspecified atom stereocenters. The zero-order chi connectivity index (χ0) is 24.4. The second kappa shape index (κ2) is 12.6. The molecule has 0 aliphatic heterocycles. The number of hydrogen-bond donors (Lipinski definition) is 1. The highest BCUT2D eigenvalue weighted by Crippen LogP contribution is 2.25. The lowest BCUT2D eigenvalue weighted by molar-refractivity contribution is -0.138. The molecule has 2 aromatic rings. The lowest BCUT2D eigenvalue weighted by atomic mass is 10.1. The number of aryl methyl sites for hydroxylation is 1. The molecule has 0 atom stereocenters. The van der Waals surface area contributed by atoms with Crippen LogP contribution in [0.3, 0.4) is 0 Å². The fraction of sp³-hybridized carbons (Fsp3) is 0.391. The summed E-state index contributed by atoms with van der Waals surface area (Å²) in [5.74, 6) is -0.737. The van der Waals surface area contributed by atoms with Crippen LogP contribution in [0.1, 0.15) is 18.4 Å². The van der Waals surface area contributed by atoms with Crippen LogP contribution in [-0.4, -0.2) is 66.0 Å². The molecule has 0 aliphatic carbocycles. The van der Waals surface area contributed by atoms with Gasteiger partial charge < -0.3 is 15.0 Å². The molecule has 0 bridgehead atoms.